The van der Waals surface area contributed by atoms with E-state index in [1.165, 1.54) is 17.8 Å². The first-order chi connectivity index (χ1) is 9.25. The maximum Gasteiger partial charge on any atom is 0.265 e. The second-order valence-corrected chi connectivity index (χ2v) is 7.55. The van der Waals surface area contributed by atoms with Gasteiger partial charge in [0.1, 0.15) is 10.7 Å². The van der Waals surface area contributed by atoms with E-state index >= 15 is 0 Å². The van der Waals surface area contributed by atoms with E-state index < -0.39 is 0 Å². The van der Waals surface area contributed by atoms with Crippen molar-refractivity contribution in [3.8, 4) is 0 Å². The number of carbonyl (C=O) groups excluding carboxylic acids is 1. The summed E-state index contributed by atoms with van der Waals surface area (Å²) < 4.78 is 0. The van der Waals surface area contributed by atoms with Gasteiger partial charge in [-0.25, -0.2) is 4.98 Å². The molecule has 6 heteroatoms. The SMILES string of the molecule is CCC1(NC(=O)c2sc(NC(C)(C)C)nc2N)CCC1. The number of carbonyl (C=O) groups is 1. The minimum atomic E-state index is -0.101. The summed E-state index contributed by atoms with van der Waals surface area (Å²) in [5.41, 5.74) is 5.76. The maximum absolute atomic E-state index is 12.4. The molecule has 4 N–H and O–H groups in total. The molecule has 1 aliphatic rings. The van der Waals surface area contributed by atoms with Gasteiger partial charge in [0.05, 0.1) is 0 Å². The maximum atomic E-state index is 12.4. The Balaban J connectivity index is 2.10. The van der Waals surface area contributed by atoms with Crippen molar-refractivity contribution in [3.63, 3.8) is 0 Å². The van der Waals surface area contributed by atoms with Crippen LogP contribution in [0.1, 0.15) is 63.0 Å². The Morgan fingerprint density at radius 1 is 1.45 bits per heavy atom. The lowest BCUT2D eigenvalue weighted by Crippen LogP contribution is -2.52. The lowest BCUT2D eigenvalue weighted by Gasteiger charge is -2.41. The molecular formula is C14H24N4OS. The van der Waals surface area contributed by atoms with E-state index in [1.807, 2.05) is 20.8 Å². The molecule has 2 rings (SSSR count). The monoisotopic (exact) mass is 296 g/mol. The zero-order chi connectivity index (χ0) is 15.0. The van der Waals surface area contributed by atoms with Crippen LogP contribution < -0.4 is 16.4 Å². The third-order valence-corrected chi connectivity index (χ3v) is 4.69. The molecule has 1 heterocycles. The first-order valence-corrected chi connectivity index (χ1v) is 7.93. The Bertz CT molecular complexity index is 494. The molecule has 0 bridgehead atoms. The number of hydrogen-bond acceptors (Lipinski definition) is 5. The van der Waals surface area contributed by atoms with Crippen LogP contribution in [0, 0.1) is 0 Å². The zero-order valence-electron chi connectivity index (χ0n) is 12.7. The van der Waals surface area contributed by atoms with Gasteiger partial charge < -0.3 is 16.4 Å². The topological polar surface area (TPSA) is 80.0 Å². The molecule has 0 atom stereocenters. The molecule has 5 nitrogen and oxygen atoms in total. The van der Waals surface area contributed by atoms with E-state index in [9.17, 15) is 4.79 Å². The number of nitrogen functional groups attached to an aromatic ring is 1. The van der Waals surface area contributed by atoms with E-state index in [-0.39, 0.29) is 17.0 Å². The Morgan fingerprint density at radius 3 is 2.55 bits per heavy atom. The van der Waals surface area contributed by atoms with Crippen LogP contribution in [0.4, 0.5) is 10.9 Å². The molecule has 1 aromatic rings. The number of aromatic nitrogens is 1. The third kappa shape index (κ3) is 3.23. The van der Waals surface area contributed by atoms with Crippen LogP contribution in [0.25, 0.3) is 0 Å². The molecule has 1 saturated carbocycles. The summed E-state index contributed by atoms with van der Waals surface area (Å²) in [6, 6.07) is 0. The molecule has 1 aromatic heterocycles. The number of nitrogens with two attached hydrogens (primary N) is 1. The molecule has 0 spiro atoms. The number of rotatable bonds is 4. The predicted molar refractivity (Wildman–Crippen MR) is 84.2 cm³/mol. The third-order valence-electron chi connectivity index (χ3n) is 3.71. The van der Waals surface area contributed by atoms with E-state index in [0.29, 0.717) is 15.8 Å². The van der Waals surface area contributed by atoms with Crippen LogP contribution in [0.5, 0.6) is 0 Å². The highest BCUT2D eigenvalue weighted by Crippen LogP contribution is 2.36. The first-order valence-electron chi connectivity index (χ1n) is 7.12. The lowest BCUT2D eigenvalue weighted by molar-refractivity contribution is 0.0825. The number of amides is 1. The molecule has 1 fully saturated rings. The van der Waals surface area contributed by atoms with Gasteiger partial charge in [-0.15, -0.1) is 0 Å². The van der Waals surface area contributed by atoms with Gasteiger partial charge in [0.25, 0.3) is 5.91 Å². The van der Waals surface area contributed by atoms with Crippen LogP contribution in [-0.4, -0.2) is 22.0 Å². The standard InChI is InChI=1S/C14H24N4OS/c1-5-14(7-6-8-14)17-11(19)9-10(15)16-12(20-9)18-13(2,3)4/h5-8,15H2,1-4H3,(H,16,18)(H,17,19). The number of anilines is 2. The van der Waals surface area contributed by atoms with Gasteiger partial charge in [-0.3, -0.25) is 4.79 Å². The van der Waals surface area contributed by atoms with Gasteiger partial charge in [0, 0.05) is 11.1 Å². The van der Waals surface area contributed by atoms with Crippen LogP contribution in [0.15, 0.2) is 0 Å². The Morgan fingerprint density at radius 2 is 2.10 bits per heavy atom. The molecule has 0 radical (unpaired) electrons. The van der Waals surface area contributed by atoms with Gasteiger partial charge in [0.2, 0.25) is 0 Å². The Hall–Kier alpha value is -1.30. The van der Waals surface area contributed by atoms with Gasteiger partial charge >= 0.3 is 0 Å². The largest absolute Gasteiger partial charge is 0.382 e. The number of thiazole rings is 1. The van der Waals surface area contributed by atoms with Crippen molar-refractivity contribution < 1.29 is 4.79 Å². The minimum Gasteiger partial charge on any atom is -0.382 e. The van der Waals surface area contributed by atoms with Gasteiger partial charge in [0.15, 0.2) is 5.13 Å². The highest BCUT2D eigenvalue weighted by atomic mass is 32.1. The molecule has 0 saturated heterocycles. The number of nitrogens with one attached hydrogen (secondary N) is 2. The van der Waals surface area contributed by atoms with Crippen LogP contribution in [-0.2, 0) is 0 Å². The minimum absolute atomic E-state index is 0.0227. The second kappa shape index (κ2) is 5.24. The lowest BCUT2D eigenvalue weighted by atomic mass is 9.75. The summed E-state index contributed by atoms with van der Waals surface area (Å²) >= 11 is 1.32. The molecular weight excluding hydrogens is 272 g/mol. The van der Waals surface area contributed by atoms with Crippen molar-refractivity contribution in [1.29, 1.82) is 0 Å². The van der Waals surface area contributed by atoms with Crippen molar-refractivity contribution >= 4 is 28.2 Å². The van der Waals surface area contributed by atoms with Crippen molar-refractivity contribution in [2.24, 2.45) is 0 Å². The molecule has 20 heavy (non-hydrogen) atoms. The fourth-order valence-electron chi connectivity index (χ4n) is 2.34. The molecule has 0 aromatic carbocycles. The van der Waals surface area contributed by atoms with Crippen molar-refractivity contribution in [3.05, 3.63) is 4.88 Å². The van der Waals surface area contributed by atoms with Crippen LogP contribution in [0.3, 0.4) is 0 Å². The van der Waals surface area contributed by atoms with Gasteiger partial charge in [-0.05, 0) is 46.5 Å². The average Bonchev–Trinajstić information content (AvgIpc) is 2.62. The molecule has 0 aliphatic heterocycles. The predicted octanol–water partition coefficient (Wildman–Crippen LogP) is 3.00. The summed E-state index contributed by atoms with van der Waals surface area (Å²) in [7, 11) is 0. The Labute approximate surface area is 124 Å². The summed E-state index contributed by atoms with van der Waals surface area (Å²) in [6.45, 7) is 8.25. The quantitative estimate of drug-likeness (QED) is 0.798. The molecule has 0 unspecified atom stereocenters. The Kier molecular flexibility index (Phi) is 3.95. The van der Waals surface area contributed by atoms with E-state index in [4.69, 9.17) is 5.73 Å². The summed E-state index contributed by atoms with van der Waals surface area (Å²) in [5.74, 6) is 0.216. The smallest absolute Gasteiger partial charge is 0.265 e. The van der Waals surface area contributed by atoms with Crippen LogP contribution >= 0.6 is 11.3 Å². The van der Waals surface area contributed by atoms with E-state index in [2.05, 4.69) is 22.5 Å². The number of hydrogen-bond donors (Lipinski definition) is 3. The first kappa shape index (κ1) is 15.1. The van der Waals surface area contributed by atoms with Gasteiger partial charge in [-0.1, -0.05) is 18.3 Å². The highest BCUT2D eigenvalue weighted by molar-refractivity contribution is 7.18. The van der Waals surface area contributed by atoms with Crippen molar-refractivity contribution in [1.82, 2.24) is 10.3 Å². The summed E-state index contributed by atoms with van der Waals surface area (Å²) in [6.07, 6.45) is 4.26. The fraction of sp³-hybridized carbons (Fsp3) is 0.714. The molecule has 1 amide bonds. The average molecular weight is 296 g/mol. The molecule has 112 valence electrons. The molecule has 1 aliphatic carbocycles. The normalized spacial score (nSPS) is 17.4. The fourth-order valence-corrected chi connectivity index (χ4v) is 3.33. The van der Waals surface area contributed by atoms with Crippen molar-refractivity contribution in [2.75, 3.05) is 11.1 Å². The van der Waals surface area contributed by atoms with Crippen LogP contribution in [0.2, 0.25) is 0 Å². The summed E-state index contributed by atoms with van der Waals surface area (Å²) in [4.78, 5) is 17.1. The van der Waals surface area contributed by atoms with Gasteiger partial charge in [-0.2, -0.15) is 0 Å². The van der Waals surface area contributed by atoms with E-state index in [1.54, 1.807) is 0 Å². The zero-order valence-corrected chi connectivity index (χ0v) is 13.5. The van der Waals surface area contributed by atoms with E-state index in [0.717, 1.165) is 19.3 Å². The summed E-state index contributed by atoms with van der Waals surface area (Å²) in [5, 5.41) is 7.08. The highest BCUT2D eigenvalue weighted by Gasteiger charge is 2.37. The van der Waals surface area contributed by atoms with Crippen molar-refractivity contribution in [2.45, 2.75) is 64.5 Å². The second-order valence-electron chi connectivity index (χ2n) is 6.55. The number of nitrogens with zero attached hydrogens (tertiary/aromatic N) is 1.